The maximum Gasteiger partial charge on any atom is 0.328 e. The SMILES string of the molecule is CC(C)C[C@H](NC(=O)CCCCBr)C(=O)OC1CCCC1. The number of hydrogen-bond acceptors (Lipinski definition) is 3. The van der Waals surface area contributed by atoms with Gasteiger partial charge < -0.3 is 10.1 Å². The van der Waals surface area contributed by atoms with Crippen molar-refractivity contribution >= 4 is 27.8 Å². The molecular weight excluding hydrogens is 334 g/mol. The molecule has 1 atom stereocenters. The summed E-state index contributed by atoms with van der Waals surface area (Å²) in [7, 11) is 0. The fourth-order valence-corrected chi connectivity index (χ4v) is 2.98. The zero-order valence-corrected chi connectivity index (χ0v) is 14.8. The third-order valence-electron chi connectivity index (χ3n) is 3.70. The predicted molar refractivity (Wildman–Crippen MR) is 87.4 cm³/mol. The number of rotatable bonds is 9. The lowest BCUT2D eigenvalue weighted by Gasteiger charge is -2.21. The molecule has 1 rings (SSSR count). The van der Waals surface area contributed by atoms with Gasteiger partial charge >= 0.3 is 5.97 Å². The van der Waals surface area contributed by atoms with Crippen molar-refractivity contribution in [3.8, 4) is 0 Å². The maximum atomic E-state index is 12.3. The summed E-state index contributed by atoms with van der Waals surface area (Å²) in [6, 6.07) is -0.498. The Morgan fingerprint density at radius 3 is 2.48 bits per heavy atom. The molecule has 0 aromatic rings. The first-order chi connectivity index (χ1) is 10.0. The number of halogens is 1. The molecule has 4 nitrogen and oxygen atoms in total. The summed E-state index contributed by atoms with van der Waals surface area (Å²) in [5.41, 5.74) is 0. The molecule has 1 saturated carbocycles. The van der Waals surface area contributed by atoms with Gasteiger partial charge in [-0.25, -0.2) is 4.79 Å². The van der Waals surface area contributed by atoms with E-state index < -0.39 is 6.04 Å². The average molecular weight is 362 g/mol. The van der Waals surface area contributed by atoms with Crippen LogP contribution >= 0.6 is 15.9 Å². The van der Waals surface area contributed by atoms with E-state index in [1.807, 2.05) is 13.8 Å². The second-order valence-corrected chi connectivity index (χ2v) is 7.03. The van der Waals surface area contributed by atoms with E-state index in [4.69, 9.17) is 4.74 Å². The van der Waals surface area contributed by atoms with Gasteiger partial charge in [0.25, 0.3) is 0 Å². The van der Waals surface area contributed by atoms with E-state index in [1.165, 1.54) is 0 Å². The zero-order chi connectivity index (χ0) is 15.7. The number of carbonyl (C=O) groups is 2. The summed E-state index contributed by atoms with van der Waals surface area (Å²) >= 11 is 3.35. The number of amides is 1. The van der Waals surface area contributed by atoms with E-state index in [9.17, 15) is 9.59 Å². The molecular formula is C16H28BrNO3. The Morgan fingerprint density at radius 2 is 1.90 bits per heavy atom. The Morgan fingerprint density at radius 1 is 1.24 bits per heavy atom. The lowest BCUT2D eigenvalue weighted by Crippen LogP contribution is -2.43. The summed E-state index contributed by atoms with van der Waals surface area (Å²) < 4.78 is 5.54. The minimum Gasteiger partial charge on any atom is -0.461 e. The molecule has 0 saturated heterocycles. The second kappa shape index (κ2) is 10.2. The molecule has 0 bridgehead atoms. The topological polar surface area (TPSA) is 55.4 Å². The normalized spacial score (nSPS) is 17.0. The number of ether oxygens (including phenoxy) is 1. The van der Waals surface area contributed by atoms with E-state index in [2.05, 4.69) is 21.2 Å². The molecule has 1 N–H and O–H groups in total. The standard InChI is InChI=1S/C16H28BrNO3/c1-12(2)11-14(18-15(19)9-5-6-10-17)16(20)21-13-7-3-4-8-13/h12-14H,3-11H2,1-2H3,(H,18,19)/t14-/m0/s1. The largest absolute Gasteiger partial charge is 0.461 e. The van der Waals surface area contributed by atoms with E-state index >= 15 is 0 Å². The quantitative estimate of drug-likeness (QED) is 0.388. The molecule has 1 aliphatic carbocycles. The molecule has 0 aliphatic heterocycles. The Hall–Kier alpha value is -0.580. The molecule has 0 aromatic heterocycles. The van der Waals surface area contributed by atoms with Gasteiger partial charge in [0.1, 0.15) is 12.1 Å². The summed E-state index contributed by atoms with van der Waals surface area (Å²) in [5, 5.41) is 3.75. The highest BCUT2D eigenvalue weighted by Gasteiger charge is 2.27. The Labute approximate surface area is 136 Å². The van der Waals surface area contributed by atoms with Crippen LogP contribution in [0.2, 0.25) is 0 Å². The highest BCUT2D eigenvalue weighted by molar-refractivity contribution is 9.09. The summed E-state index contributed by atoms with van der Waals surface area (Å²) in [6.45, 7) is 4.10. The predicted octanol–water partition coefficient (Wildman–Crippen LogP) is 3.57. The van der Waals surface area contributed by atoms with Crippen molar-refractivity contribution in [3.05, 3.63) is 0 Å². The van der Waals surface area contributed by atoms with Crippen LogP contribution in [0.4, 0.5) is 0 Å². The molecule has 0 aromatic carbocycles. The lowest BCUT2D eigenvalue weighted by molar-refractivity contribution is -0.153. The first-order valence-corrected chi connectivity index (χ1v) is 9.21. The molecule has 1 amide bonds. The van der Waals surface area contributed by atoms with Crippen molar-refractivity contribution in [1.82, 2.24) is 5.32 Å². The number of esters is 1. The minimum atomic E-state index is -0.498. The van der Waals surface area contributed by atoms with Gasteiger partial charge in [-0.05, 0) is 50.9 Å². The molecule has 1 aliphatic rings. The first-order valence-electron chi connectivity index (χ1n) is 8.08. The van der Waals surface area contributed by atoms with Gasteiger partial charge in [0, 0.05) is 11.8 Å². The van der Waals surface area contributed by atoms with Crippen LogP contribution in [0.15, 0.2) is 0 Å². The van der Waals surface area contributed by atoms with Crippen LogP contribution in [0.25, 0.3) is 0 Å². The smallest absolute Gasteiger partial charge is 0.328 e. The van der Waals surface area contributed by atoms with Gasteiger partial charge in [-0.2, -0.15) is 0 Å². The van der Waals surface area contributed by atoms with Gasteiger partial charge in [-0.3, -0.25) is 4.79 Å². The van der Waals surface area contributed by atoms with Crippen LogP contribution < -0.4 is 5.32 Å². The van der Waals surface area contributed by atoms with E-state index in [0.717, 1.165) is 43.9 Å². The molecule has 122 valence electrons. The fraction of sp³-hybridized carbons (Fsp3) is 0.875. The van der Waals surface area contributed by atoms with Crippen molar-refractivity contribution in [1.29, 1.82) is 0 Å². The first kappa shape index (κ1) is 18.5. The number of unbranched alkanes of at least 4 members (excludes halogenated alkanes) is 1. The maximum absolute atomic E-state index is 12.3. The van der Waals surface area contributed by atoms with Gasteiger partial charge in [0.2, 0.25) is 5.91 Å². The van der Waals surface area contributed by atoms with Crippen LogP contribution in [0.1, 0.15) is 65.2 Å². The molecule has 21 heavy (non-hydrogen) atoms. The summed E-state index contributed by atoms with van der Waals surface area (Å²) in [6.07, 6.45) is 7.14. The third kappa shape index (κ3) is 7.84. The van der Waals surface area contributed by atoms with Gasteiger partial charge in [0.05, 0.1) is 0 Å². The van der Waals surface area contributed by atoms with Crippen molar-refractivity contribution in [2.45, 2.75) is 77.4 Å². The monoisotopic (exact) mass is 361 g/mol. The highest BCUT2D eigenvalue weighted by atomic mass is 79.9. The lowest BCUT2D eigenvalue weighted by atomic mass is 10.0. The minimum absolute atomic E-state index is 0.0510. The Balaban J connectivity index is 2.45. The Bertz CT molecular complexity index is 327. The van der Waals surface area contributed by atoms with E-state index in [0.29, 0.717) is 18.8 Å². The molecule has 5 heteroatoms. The average Bonchev–Trinajstić information content (AvgIpc) is 2.90. The van der Waals surface area contributed by atoms with Crippen molar-refractivity contribution in [2.24, 2.45) is 5.92 Å². The Kier molecular flexibility index (Phi) is 8.97. The number of alkyl halides is 1. The second-order valence-electron chi connectivity index (χ2n) is 6.24. The van der Waals surface area contributed by atoms with Crippen molar-refractivity contribution in [2.75, 3.05) is 5.33 Å². The van der Waals surface area contributed by atoms with Gasteiger partial charge in [0.15, 0.2) is 0 Å². The van der Waals surface area contributed by atoms with E-state index in [-0.39, 0.29) is 18.0 Å². The van der Waals surface area contributed by atoms with Crippen LogP contribution in [-0.2, 0) is 14.3 Å². The van der Waals surface area contributed by atoms with Crippen LogP contribution in [0.5, 0.6) is 0 Å². The number of carbonyl (C=O) groups excluding carboxylic acids is 2. The molecule has 0 heterocycles. The van der Waals surface area contributed by atoms with E-state index in [1.54, 1.807) is 0 Å². The highest BCUT2D eigenvalue weighted by Crippen LogP contribution is 2.22. The molecule has 0 radical (unpaired) electrons. The van der Waals surface area contributed by atoms with Crippen LogP contribution in [0.3, 0.4) is 0 Å². The van der Waals surface area contributed by atoms with Crippen LogP contribution in [0, 0.1) is 5.92 Å². The summed E-state index contributed by atoms with van der Waals surface area (Å²) in [5.74, 6) is 0.0309. The van der Waals surface area contributed by atoms with Crippen molar-refractivity contribution in [3.63, 3.8) is 0 Å². The zero-order valence-electron chi connectivity index (χ0n) is 13.2. The van der Waals surface area contributed by atoms with Crippen LogP contribution in [-0.4, -0.2) is 29.4 Å². The van der Waals surface area contributed by atoms with Gasteiger partial charge in [-0.15, -0.1) is 0 Å². The molecule has 1 fully saturated rings. The summed E-state index contributed by atoms with van der Waals surface area (Å²) in [4.78, 5) is 24.2. The third-order valence-corrected chi connectivity index (χ3v) is 4.26. The van der Waals surface area contributed by atoms with Crippen molar-refractivity contribution < 1.29 is 14.3 Å². The number of hydrogen-bond donors (Lipinski definition) is 1. The number of nitrogens with one attached hydrogen (secondary N) is 1. The molecule has 0 unspecified atom stereocenters. The van der Waals surface area contributed by atoms with Gasteiger partial charge in [-0.1, -0.05) is 29.8 Å². The fourth-order valence-electron chi connectivity index (χ4n) is 2.58. The molecule has 0 spiro atoms.